The molecule has 0 atom stereocenters. The number of carboxylic acids is 1. The van der Waals surface area contributed by atoms with Crippen molar-refractivity contribution in [2.24, 2.45) is 0 Å². The summed E-state index contributed by atoms with van der Waals surface area (Å²) >= 11 is 0. The Morgan fingerprint density at radius 1 is 1.15 bits per heavy atom. The first-order valence-corrected chi connectivity index (χ1v) is 9.22. The monoisotopic (exact) mass is 370 g/mol. The predicted octanol–water partition coefficient (Wildman–Crippen LogP) is 3.85. The number of halogens is 1. The summed E-state index contributed by atoms with van der Waals surface area (Å²) in [6.45, 7) is 2.12. The summed E-state index contributed by atoms with van der Waals surface area (Å²) in [5, 5.41) is 9.14. The first-order chi connectivity index (χ1) is 13.0. The van der Waals surface area contributed by atoms with E-state index in [9.17, 15) is 14.0 Å². The van der Waals surface area contributed by atoms with Crippen molar-refractivity contribution in [1.29, 1.82) is 0 Å². The van der Waals surface area contributed by atoms with Gasteiger partial charge in [-0.15, -0.1) is 0 Å². The third-order valence-electron chi connectivity index (χ3n) is 5.12. The van der Waals surface area contributed by atoms with Gasteiger partial charge in [-0.1, -0.05) is 25.0 Å². The Balaban J connectivity index is 1.79. The topological polar surface area (TPSA) is 70.5 Å². The minimum absolute atomic E-state index is 0.102. The number of hydrogen-bond acceptors (Lipinski definition) is 3. The van der Waals surface area contributed by atoms with Crippen LogP contribution in [0.5, 0.6) is 0 Å². The van der Waals surface area contributed by atoms with Gasteiger partial charge in [0.15, 0.2) is 0 Å². The highest BCUT2D eigenvalue weighted by Gasteiger charge is 2.28. The molecule has 0 saturated heterocycles. The van der Waals surface area contributed by atoms with Crippen molar-refractivity contribution in [2.45, 2.75) is 45.1 Å². The van der Waals surface area contributed by atoms with Crippen LogP contribution in [0.3, 0.4) is 0 Å². The predicted molar refractivity (Wildman–Crippen MR) is 99.3 cm³/mol. The highest BCUT2D eigenvalue weighted by atomic mass is 19.1. The number of amides is 1. The maximum atomic E-state index is 13.1. The van der Waals surface area contributed by atoms with Crippen LogP contribution in [-0.2, 0) is 6.42 Å². The van der Waals surface area contributed by atoms with Crippen LogP contribution in [0.15, 0.2) is 36.4 Å². The molecular formula is C21H23FN2O3. The van der Waals surface area contributed by atoms with Gasteiger partial charge in [0, 0.05) is 12.6 Å². The number of nitrogens with zero attached hydrogens (tertiary/aromatic N) is 2. The fourth-order valence-electron chi connectivity index (χ4n) is 3.62. The fourth-order valence-corrected chi connectivity index (χ4v) is 3.62. The van der Waals surface area contributed by atoms with Crippen molar-refractivity contribution in [1.82, 2.24) is 9.88 Å². The fraction of sp³-hybridized carbons (Fsp3) is 0.381. The van der Waals surface area contributed by atoms with Gasteiger partial charge in [0.1, 0.15) is 11.5 Å². The van der Waals surface area contributed by atoms with Crippen LogP contribution >= 0.6 is 0 Å². The molecule has 1 saturated carbocycles. The molecule has 27 heavy (non-hydrogen) atoms. The zero-order valence-electron chi connectivity index (χ0n) is 15.3. The number of aromatic carboxylic acids is 1. The molecule has 1 aliphatic rings. The normalized spacial score (nSPS) is 14.3. The van der Waals surface area contributed by atoms with Crippen molar-refractivity contribution in [3.05, 3.63) is 64.7 Å². The van der Waals surface area contributed by atoms with Crippen LogP contribution in [0.2, 0.25) is 0 Å². The van der Waals surface area contributed by atoms with Gasteiger partial charge >= 0.3 is 5.97 Å². The van der Waals surface area contributed by atoms with Crippen molar-refractivity contribution < 1.29 is 19.1 Å². The first-order valence-electron chi connectivity index (χ1n) is 9.22. The molecule has 142 valence electrons. The van der Waals surface area contributed by atoms with Gasteiger partial charge in [0.25, 0.3) is 5.91 Å². The summed E-state index contributed by atoms with van der Waals surface area (Å²) in [5.41, 5.74) is 1.67. The molecule has 0 bridgehead atoms. The van der Waals surface area contributed by atoms with Crippen LogP contribution in [-0.4, -0.2) is 39.5 Å². The minimum Gasteiger partial charge on any atom is -0.478 e. The number of carbonyl (C=O) groups is 2. The lowest BCUT2D eigenvalue weighted by atomic mass is 10.1. The van der Waals surface area contributed by atoms with E-state index in [0.717, 1.165) is 31.2 Å². The quantitative estimate of drug-likeness (QED) is 0.838. The molecule has 1 aromatic carbocycles. The number of carbonyl (C=O) groups excluding carboxylic acids is 1. The summed E-state index contributed by atoms with van der Waals surface area (Å²) < 4.78 is 13.1. The van der Waals surface area contributed by atoms with Crippen LogP contribution in [0.25, 0.3) is 0 Å². The number of rotatable bonds is 6. The highest BCUT2D eigenvalue weighted by Crippen LogP contribution is 2.25. The molecule has 1 amide bonds. The summed E-state index contributed by atoms with van der Waals surface area (Å²) in [7, 11) is 0. The molecule has 1 aromatic heterocycles. The third kappa shape index (κ3) is 4.51. The summed E-state index contributed by atoms with van der Waals surface area (Å²) in [6, 6.07) is 9.40. The van der Waals surface area contributed by atoms with E-state index < -0.39 is 5.97 Å². The molecule has 6 heteroatoms. The smallest absolute Gasteiger partial charge is 0.337 e. The molecule has 2 aromatic rings. The number of benzene rings is 1. The van der Waals surface area contributed by atoms with Crippen molar-refractivity contribution in [2.75, 3.05) is 6.54 Å². The van der Waals surface area contributed by atoms with E-state index in [1.807, 2.05) is 4.90 Å². The molecule has 1 fully saturated rings. The van der Waals surface area contributed by atoms with Crippen LogP contribution in [0.4, 0.5) is 4.39 Å². The average molecular weight is 370 g/mol. The molecular weight excluding hydrogens is 347 g/mol. The van der Waals surface area contributed by atoms with Crippen molar-refractivity contribution in [3.63, 3.8) is 0 Å². The lowest BCUT2D eigenvalue weighted by Gasteiger charge is -2.29. The number of hydrogen-bond donors (Lipinski definition) is 1. The van der Waals surface area contributed by atoms with E-state index in [1.165, 1.54) is 24.3 Å². The maximum absolute atomic E-state index is 13.1. The largest absolute Gasteiger partial charge is 0.478 e. The lowest BCUT2D eigenvalue weighted by Crippen LogP contribution is -2.40. The molecule has 1 heterocycles. The summed E-state index contributed by atoms with van der Waals surface area (Å²) in [5.74, 6) is -1.51. The Bertz CT molecular complexity index is 830. The van der Waals surface area contributed by atoms with Gasteiger partial charge in [-0.3, -0.25) is 4.79 Å². The van der Waals surface area contributed by atoms with E-state index >= 15 is 0 Å². The first kappa shape index (κ1) is 19.0. The average Bonchev–Trinajstić information content (AvgIpc) is 3.17. The second kappa shape index (κ2) is 8.29. The SMILES string of the molecule is Cc1nc(C(=O)N(CCc2ccc(F)cc2)C2CCCC2)ccc1C(=O)O. The second-order valence-corrected chi connectivity index (χ2v) is 6.95. The van der Waals surface area contributed by atoms with Gasteiger partial charge < -0.3 is 10.0 Å². The van der Waals surface area contributed by atoms with Crippen LogP contribution in [0.1, 0.15) is 57.8 Å². The summed E-state index contributed by atoms with van der Waals surface area (Å²) in [6.07, 6.45) is 4.74. The van der Waals surface area contributed by atoms with Crippen molar-refractivity contribution in [3.8, 4) is 0 Å². The molecule has 0 unspecified atom stereocenters. The Labute approximate surface area is 157 Å². The van der Waals surface area contributed by atoms with Gasteiger partial charge in [-0.2, -0.15) is 0 Å². The Morgan fingerprint density at radius 3 is 2.41 bits per heavy atom. The van der Waals surface area contributed by atoms with Crippen molar-refractivity contribution >= 4 is 11.9 Å². The van der Waals surface area contributed by atoms with Gasteiger partial charge in [0.05, 0.1) is 11.3 Å². The van der Waals surface area contributed by atoms with Crippen LogP contribution in [0, 0.1) is 12.7 Å². The van der Waals surface area contributed by atoms with E-state index in [2.05, 4.69) is 4.98 Å². The molecule has 3 rings (SSSR count). The van der Waals surface area contributed by atoms with Gasteiger partial charge in [0.2, 0.25) is 0 Å². The standard InChI is InChI=1S/C21H23FN2O3/c1-14-18(21(26)27)10-11-19(23-14)20(25)24(17-4-2-3-5-17)13-12-15-6-8-16(22)9-7-15/h6-11,17H,2-5,12-13H2,1H3,(H,26,27). The molecule has 0 radical (unpaired) electrons. The molecule has 0 spiro atoms. The minimum atomic E-state index is -1.05. The number of aromatic nitrogens is 1. The molecule has 5 nitrogen and oxygen atoms in total. The third-order valence-corrected chi connectivity index (χ3v) is 5.12. The highest BCUT2D eigenvalue weighted by molar-refractivity contribution is 5.94. The maximum Gasteiger partial charge on any atom is 0.337 e. The zero-order valence-corrected chi connectivity index (χ0v) is 15.3. The van der Waals surface area contributed by atoms with E-state index in [1.54, 1.807) is 19.1 Å². The molecule has 1 aliphatic carbocycles. The van der Waals surface area contributed by atoms with E-state index in [-0.39, 0.29) is 29.0 Å². The number of pyridine rings is 1. The molecule has 0 aliphatic heterocycles. The zero-order chi connectivity index (χ0) is 19.4. The lowest BCUT2D eigenvalue weighted by molar-refractivity contribution is 0.0668. The summed E-state index contributed by atoms with van der Waals surface area (Å²) in [4.78, 5) is 30.3. The van der Waals surface area contributed by atoms with Crippen LogP contribution < -0.4 is 0 Å². The Hall–Kier alpha value is -2.76. The van der Waals surface area contributed by atoms with Gasteiger partial charge in [-0.05, 0) is 56.0 Å². The van der Waals surface area contributed by atoms with E-state index in [0.29, 0.717) is 18.7 Å². The Morgan fingerprint density at radius 2 is 1.81 bits per heavy atom. The number of aryl methyl sites for hydroxylation is 1. The second-order valence-electron chi connectivity index (χ2n) is 6.95. The Kier molecular flexibility index (Phi) is 5.84. The molecule has 1 N–H and O–H groups in total. The van der Waals surface area contributed by atoms with Gasteiger partial charge in [-0.25, -0.2) is 14.2 Å². The van der Waals surface area contributed by atoms with E-state index in [4.69, 9.17) is 5.11 Å². The number of carboxylic acid groups (broad SMARTS) is 1.